The van der Waals surface area contributed by atoms with Crippen LogP contribution in [0.3, 0.4) is 0 Å². The van der Waals surface area contributed by atoms with E-state index in [1.807, 2.05) is 24.5 Å². The van der Waals surface area contributed by atoms with E-state index >= 15 is 0 Å². The lowest BCUT2D eigenvalue weighted by molar-refractivity contribution is 0.0963. The minimum Gasteiger partial charge on any atom is -0.447 e. The number of carbonyl (C=O) groups excluding carboxylic acids is 1. The molecule has 2 aromatic rings. The summed E-state index contributed by atoms with van der Waals surface area (Å²) in [5.41, 5.74) is 3.98. The first-order valence-electron chi connectivity index (χ1n) is 15.7. The summed E-state index contributed by atoms with van der Waals surface area (Å²) >= 11 is 6.97. The molecule has 0 amide bonds. The van der Waals surface area contributed by atoms with Crippen LogP contribution < -0.4 is 16.0 Å². The zero-order chi connectivity index (χ0) is 29.8. The van der Waals surface area contributed by atoms with Crippen molar-refractivity contribution in [2.75, 3.05) is 5.33 Å². The van der Waals surface area contributed by atoms with Crippen LogP contribution in [-0.4, -0.2) is 32.0 Å². The van der Waals surface area contributed by atoms with Gasteiger partial charge in [-0.1, -0.05) is 100 Å². The molecule has 6 nitrogen and oxygen atoms in total. The molecule has 0 aromatic carbocycles. The van der Waals surface area contributed by atoms with Gasteiger partial charge in [-0.05, 0) is 58.8 Å². The Morgan fingerprint density at radius 1 is 0.952 bits per heavy atom. The molecule has 2 aromatic heterocycles. The minimum absolute atomic E-state index is 0.201. The van der Waals surface area contributed by atoms with Gasteiger partial charge in [-0.25, -0.2) is 0 Å². The predicted octanol–water partition coefficient (Wildman–Crippen LogP) is 7.24. The van der Waals surface area contributed by atoms with Gasteiger partial charge in [-0.2, -0.15) is 0 Å². The van der Waals surface area contributed by atoms with Crippen LogP contribution in [0.1, 0.15) is 119 Å². The highest BCUT2D eigenvalue weighted by molar-refractivity contribution is 9.10. The molecular formula is C34H42Br2N2O4. The number of nitrogens with zero attached hydrogens (tertiary/aromatic N) is 2. The van der Waals surface area contributed by atoms with Crippen molar-refractivity contribution in [3.8, 4) is 0 Å². The fourth-order valence-electron chi connectivity index (χ4n) is 6.58. The van der Waals surface area contributed by atoms with Crippen LogP contribution in [-0.2, 0) is 6.42 Å². The Bertz CT molecular complexity index is 1580. The highest BCUT2D eigenvalue weighted by atomic mass is 79.9. The third-order valence-corrected chi connectivity index (χ3v) is 9.46. The van der Waals surface area contributed by atoms with E-state index in [9.17, 15) is 14.7 Å². The average Bonchev–Trinajstić information content (AvgIpc) is 3.60. The van der Waals surface area contributed by atoms with E-state index in [0.29, 0.717) is 37.8 Å². The Balaban J connectivity index is 1.52. The summed E-state index contributed by atoms with van der Waals surface area (Å²) in [5, 5.41) is 13.1. The highest BCUT2D eigenvalue weighted by Crippen LogP contribution is 2.49. The monoisotopic (exact) mass is 700 g/mol. The fraction of sp³-hybridized carbons (Fsp3) is 0.529. The maximum atomic E-state index is 14.0. The van der Waals surface area contributed by atoms with Crippen molar-refractivity contribution in [3.63, 3.8) is 0 Å². The molecule has 8 heteroatoms. The number of rotatable bonds is 15. The first-order valence-corrected chi connectivity index (χ1v) is 17.7. The molecule has 1 unspecified atom stereocenters. The number of aliphatic hydroxyl groups excluding tert-OH is 1. The van der Waals surface area contributed by atoms with Gasteiger partial charge in [0.1, 0.15) is 11.0 Å². The quantitative estimate of drug-likeness (QED) is 0.157. The van der Waals surface area contributed by atoms with Gasteiger partial charge in [-0.3, -0.25) is 14.2 Å². The number of pyridine rings is 1. The van der Waals surface area contributed by atoms with Crippen LogP contribution in [0.15, 0.2) is 37.9 Å². The smallest absolute Gasteiger partial charge is 0.265 e. The Morgan fingerprint density at radius 3 is 2.26 bits per heavy atom. The lowest BCUT2D eigenvalue weighted by atomic mass is 9.95. The summed E-state index contributed by atoms with van der Waals surface area (Å²) < 4.78 is 8.18. The van der Waals surface area contributed by atoms with Gasteiger partial charge < -0.3 is 14.4 Å². The van der Waals surface area contributed by atoms with Crippen LogP contribution in [0.4, 0.5) is 0 Å². The molecule has 0 spiro atoms. The van der Waals surface area contributed by atoms with Gasteiger partial charge >= 0.3 is 0 Å². The second kappa shape index (κ2) is 14.1. The summed E-state index contributed by atoms with van der Waals surface area (Å²) in [5.74, 6) is 0.289. The van der Waals surface area contributed by atoms with Gasteiger partial charge in [0, 0.05) is 34.1 Å². The van der Waals surface area contributed by atoms with Crippen molar-refractivity contribution in [3.05, 3.63) is 66.4 Å². The van der Waals surface area contributed by atoms with Crippen LogP contribution in [0.5, 0.6) is 0 Å². The number of furan rings is 1. The number of hydrogen-bond donors (Lipinski definition) is 1. The number of halogens is 2. The molecule has 0 radical (unpaired) electrons. The predicted molar refractivity (Wildman–Crippen MR) is 176 cm³/mol. The van der Waals surface area contributed by atoms with E-state index in [0.717, 1.165) is 55.2 Å². The summed E-state index contributed by atoms with van der Waals surface area (Å²) in [7, 11) is 0. The third kappa shape index (κ3) is 5.96. The van der Waals surface area contributed by atoms with Gasteiger partial charge in [0.2, 0.25) is 5.43 Å². The first-order chi connectivity index (χ1) is 20.4. The van der Waals surface area contributed by atoms with Crippen molar-refractivity contribution >= 4 is 60.7 Å². The van der Waals surface area contributed by atoms with E-state index in [1.54, 1.807) is 4.90 Å². The summed E-state index contributed by atoms with van der Waals surface area (Å²) in [6.07, 6.45) is 20.2. The number of unbranched alkanes of at least 4 members (excludes halogenated alkanes) is 10. The Morgan fingerprint density at radius 2 is 1.60 bits per heavy atom. The number of carbonyl (C=O) groups is 1. The number of allylic oxidation sites excluding steroid dienone is 1. The molecule has 3 aliphatic rings. The van der Waals surface area contributed by atoms with Gasteiger partial charge in [0.05, 0.1) is 5.57 Å². The largest absolute Gasteiger partial charge is 0.447 e. The van der Waals surface area contributed by atoms with Gasteiger partial charge in [0.15, 0.2) is 16.7 Å². The molecule has 5 rings (SSSR count). The lowest BCUT2D eigenvalue weighted by Crippen LogP contribution is -2.48. The molecular weight excluding hydrogens is 660 g/mol. The van der Waals surface area contributed by atoms with Crippen molar-refractivity contribution in [2.45, 2.75) is 110 Å². The molecule has 226 valence electrons. The lowest BCUT2D eigenvalue weighted by Gasteiger charge is -2.28. The molecule has 0 saturated carbocycles. The van der Waals surface area contributed by atoms with E-state index in [4.69, 9.17) is 4.42 Å². The van der Waals surface area contributed by atoms with E-state index < -0.39 is 6.23 Å². The average molecular weight is 703 g/mol. The van der Waals surface area contributed by atoms with Crippen molar-refractivity contribution in [2.24, 2.45) is 0 Å². The molecule has 1 atom stereocenters. The van der Waals surface area contributed by atoms with E-state index in [1.165, 1.54) is 55.9 Å². The Labute approximate surface area is 265 Å². The third-order valence-electron chi connectivity index (χ3n) is 8.74. The van der Waals surface area contributed by atoms with Crippen LogP contribution in [0.25, 0.3) is 22.9 Å². The SMILES string of the molecule is CCCCCCCCC1=CN2C(=C3C(=O)n4cc(CCCCCCCC)/c(=C/CBr)c(=O)c4=C3C2O)c2oc(Br)cc21. The second-order valence-electron chi connectivity index (χ2n) is 11.7. The number of hydrogen-bond acceptors (Lipinski definition) is 5. The zero-order valence-corrected chi connectivity index (χ0v) is 28.0. The van der Waals surface area contributed by atoms with Crippen molar-refractivity contribution in [1.29, 1.82) is 0 Å². The molecule has 3 aliphatic heterocycles. The first kappa shape index (κ1) is 31.3. The second-order valence-corrected chi connectivity index (χ2v) is 13.1. The normalized spacial score (nSPS) is 17.6. The van der Waals surface area contributed by atoms with E-state index in [2.05, 4.69) is 45.7 Å². The minimum atomic E-state index is -1.14. The molecule has 0 bridgehead atoms. The van der Waals surface area contributed by atoms with Gasteiger partial charge in [-0.15, -0.1) is 0 Å². The zero-order valence-electron chi connectivity index (χ0n) is 24.8. The van der Waals surface area contributed by atoms with Crippen LogP contribution in [0, 0.1) is 0 Å². The van der Waals surface area contributed by atoms with Crippen molar-refractivity contribution in [1.82, 2.24) is 9.47 Å². The Kier molecular flexibility index (Phi) is 10.5. The molecule has 0 saturated heterocycles. The number of alkyl halides is 1. The van der Waals surface area contributed by atoms with Gasteiger partial charge in [0.25, 0.3) is 5.91 Å². The molecule has 42 heavy (non-hydrogen) atoms. The number of fused-ring (bicyclic) bond motifs is 5. The standard InChI is InChI=1S/C34H42Br2N2O4/c1-3-5-7-9-11-13-15-22-20-37-29(31(39)24(22)17-18-35)27-28(34(37)41)30-32-25(19-26(36)42-32)23(21-38(30)33(27)40)16-14-12-10-8-6-4-2/h17,19-21,33,40H,3-16,18H2,1-2H3/b24-17-. The number of aliphatic hydroxyl groups is 1. The Hall–Kier alpha value is -2.16. The van der Waals surface area contributed by atoms with Crippen LogP contribution in [0.2, 0.25) is 0 Å². The number of aromatic nitrogens is 1. The highest BCUT2D eigenvalue weighted by Gasteiger charge is 2.47. The fourth-order valence-corrected chi connectivity index (χ4v) is 7.29. The maximum absolute atomic E-state index is 14.0. The molecule has 5 heterocycles. The number of aryl methyl sites for hydroxylation is 1. The van der Waals surface area contributed by atoms with E-state index in [-0.39, 0.29) is 16.7 Å². The summed E-state index contributed by atoms with van der Waals surface area (Å²) in [4.78, 5) is 29.7. The molecule has 0 aliphatic carbocycles. The molecule has 1 N–H and O–H groups in total. The molecule has 0 fully saturated rings. The topological polar surface area (TPSA) is 75.7 Å². The summed E-state index contributed by atoms with van der Waals surface area (Å²) in [6.45, 7) is 4.43. The van der Waals surface area contributed by atoms with Crippen LogP contribution >= 0.6 is 31.9 Å². The summed E-state index contributed by atoms with van der Waals surface area (Å²) in [6, 6.07) is 1.95. The van der Waals surface area contributed by atoms with Crippen molar-refractivity contribution < 1.29 is 14.3 Å². The maximum Gasteiger partial charge on any atom is 0.265 e.